The Hall–Kier alpha value is -3.17. The first-order valence-electron chi connectivity index (χ1n) is 9.43. The molecule has 1 aromatic heterocycles. The zero-order chi connectivity index (χ0) is 20.8. The minimum atomic E-state index is 0.00739. The largest absolute Gasteiger partial charge is 0.504 e. The van der Waals surface area contributed by atoms with Crippen molar-refractivity contribution in [3.05, 3.63) is 59.4 Å². The average molecular weight is 406 g/mol. The lowest BCUT2D eigenvalue weighted by Gasteiger charge is -2.11. The molecule has 2 aromatic carbocycles. The summed E-state index contributed by atoms with van der Waals surface area (Å²) in [6, 6.07) is 13.8. The molecule has 0 fully saturated rings. The number of aromatic nitrogens is 2. The van der Waals surface area contributed by atoms with E-state index < -0.39 is 0 Å². The van der Waals surface area contributed by atoms with Gasteiger partial charge in [-0.1, -0.05) is 25.1 Å². The number of ether oxygens (including phenoxy) is 2. The second-order valence-corrected chi connectivity index (χ2v) is 7.43. The van der Waals surface area contributed by atoms with Crippen LogP contribution in [-0.4, -0.2) is 22.6 Å². The molecule has 0 spiro atoms. The van der Waals surface area contributed by atoms with E-state index in [9.17, 15) is 5.26 Å². The summed E-state index contributed by atoms with van der Waals surface area (Å²) < 4.78 is 15.3. The summed E-state index contributed by atoms with van der Waals surface area (Å²) in [6.45, 7) is 5.99. The molecule has 0 unspecified atom stereocenters. The molecule has 0 aliphatic heterocycles. The molecule has 0 aliphatic rings. The molecule has 5 nitrogen and oxygen atoms in total. The summed E-state index contributed by atoms with van der Waals surface area (Å²) in [5.74, 6) is 1.28. The summed E-state index contributed by atoms with van der Waals surface area (Å²) in [6.07, 6.45) is 4.48. The zero-order valence-electron chi connectivity index (χ0n) is 17.0. The molecular weight excluding hydrogens is 382 g/mol. The number of methoxy groups -OCH3 is 1. The predicted molar refractivity (Wildman–Crippen MR) is 117 cm³/mol. The average Bonchev–Trinajstić information content (AvgIpc) is 3.21. The van der Waals surface area contributed by atoms with E-state index >= 15 is 0 Å². The maximum absolute atomic E-state index is 9.48. The number of nitriles is 1. The Bertz CT molecular complexity index is 1060. The molecular formula is C23H23N3O2S. The van der Waals surface area contributed by atoms with Crippen molar-refractivity contribution < 1.29 is 9.47 Å². The molecule has 0 saturated heterocycles. The van der Waals surface area contributed by atoms with Crippen LogP contribution in [0.2, 0.25) is 0 Å². The number of benzene rings is 2. The third-order valence-electron chi connectivity index (χ3n) is 4.33. The van der Waals surface area contributed by atoms with Crippen LogP contribution in [0.1, 0.15) is 37.5 Å². The summed E-state index contributed by atoms with van der Waals surface area (Å²) in [5.41, 5.74) is 4.62. The van der Waals surface area contributed by atoms with Crippen LogP contribution >= 0.6 is 11.5 Å². The van der Waals surface area contributed by atoms with E-state index in [2.05, 4.69) is 23.4 Å². The van der Waals surface area contributed by atoms with Gasteiger partial charge in [0.1, 0.15) is 16.8 Å². The molecule has 0 N–H and O–H groups in total. The van der Waals surface area contributed by atoms with Crippen molar-refractivity contribution in [2.24, 2.45) is 0 Å². The van der Waals surface area contributed by atoms with Gasteiger partial charge in [0.15, 0.2) is 5.82 Å². The number of nitrogens with zero attached hydrogens (tertiary/aromatic N) is 3. The van der Waals surface area contributed by atoms with E-state index in [0.717, 1.165) is 28.1 Å². The van der Waals surface area contributed by atoms with Crippen molar-refractivity contribution in [1.29, 1.82) is 5.26 Å². The van der Waals surface area contributed by atoms with Crippen LogP contribution in [0.25, 0.3) is 28.0 Å². The van der Waals surface area contributed by atoms with E-state index in [1.165, 1.54) is 17.1 Å². The van der Waals surface area contributed by atoms with Gasteiger partial charge in [0, 0.05) is 11.1 Å². The van der Waals surface area contributed by atoms with Gasteiger partial charge < -0.3 is 9.47 Å². The lowest BCUT2D eigenvalue weighted by Crippen LogP contribution is -2.06. The first-order valence-corrected chi connectivity index (χ1v) is 10.2. The van der Waals surface area contributed by atoms with E-state index in [1.54, 1.807) is 19.4 Å². The topological polar surface area (TPSA) is 68.0 Å². The van der Waals surface area contributed by atoms with Crippen LogP contribution in [0, 0.1) is 11.3 Å². The lowest BCUT2D eigenvalue weighted by atomic mass is 9.98. The van der Waals surface area contributed by atoms with Crippen molar-refractivity contribution in [3.8, 4) is 33.8 Å². The van der Waals surface area contributed by atoms with Crippen LogP contribution in [-0.2, 0) is 11.2 Å². The first kappa shape index (κ1) is 20.6. The normalized spacial score (nSPS) is 11.0. The summed E-state index contributed by atoms with van der Waals surface area (Å²) in [5, 5.41) is 10.2. The third-order valence-corrected chi connectivity index (χ3v) is 5.09. The Kier molecular flexibility index (Phi) is 6.63. The van der Waals surface area contributed by atoms with Crippen LogP contribution < -0.4 is 4.74 Å². The summed E-state index contributed by atoms with van der Waals surface area (Å²) in [7, 11) is 1.63. The van der Waals surface area contributed by atoms with Gasteiger partial charge >= 0.3 is 0 Å². The fourth-order valence-corrected chi connectivity index (χ4v) is 3.74. The van der Waals surface area contributed by atoms with Crippen LogP contribution in [0.3, 0.4) is 0 Å². The van der Waals surface area contributed by atoms with Gasteiger partial charge in [-0.3, -0.25) is 0 Å². The Morgan fingerprint density at radius 2 is 2.07 bits per heavy atom. The van der Waals surface area contributed by atoms with Crippen molar-refractivity contribution >= 4 is 17.6 Å². The van der Waals surface area contributed by atoms with E-state index in [4.69, 9.17) is 14.5 Å². The fourth-order valence-electron chi connectivity index (χ4n) is 3.06. The van der Waals surface area contributed by atoms with Crippen molar-refractivity contribution in [2.75, 3.05) is 7.11 Å². The maximum atomic E-state index is 9.48. The van der Waals surface area contributed by atoms with Gasteiger partial charge in [0.05, 0.1) is 25.0 Å². The number of hydrogen-bond donors (Lipinski definition) is 0. The molecule has 1 heterocycles. The SMILES string of the molecule is CCc1c(C=COC)cccc1-c1nsc(-c2ccc(OC(C)C)c(C#N)c2)n1. The van der Waals surface area contributed by atoms with Gasteiger partial charge in [-0.15, -0.1) is 0 Å². The van der Waals surface area contributed by atoms with Crippen molar-refractivity contribution in [1.82, 2.24) is 9.36 Å². The predicted octanol–water partition coefficient (Wildman–Crippen LogP) is 5.71. The molecule has 0 amide bonds. The van der Waals surface area contributed by atoms with Crippen LogP contribution in [0.5, 0.6) is 5.75 Å². The molecule has 0 atom stereocenters. The Balaban J connectivity index is 1.98. The molecule has 29 heavy (non-hydrogen) atoms. The van der Waals surface area contributed by atoms with Gasteiger partial charge in [-0.2, -0.15) is 9.64 Å². The third kappa shape index (κ3) is 4.64. The minimum absolute atomic E-state index is 0.00739. The molecule has 0 bridgehead atoms. The summed E-state index contributed by atoms with van der Waals surface area (Å²) in [4.78, 5) is 4.75. The smallest absolute Gasteiger partial charge is 0.173 e. The Morgan fingerprint density at radius 3 is 2.76 bits per heavy atom. The molecule has 3 rings (SSSR count). The highest BCUT2D eigenvalue weighted by Gasteiger charge is 2.15. The lowest BCUT2D eigenvalue weighted by molar-refractivity contribution is 0.242. The Labute approximate surface area is 175 Å². The van der Waals surface area contributed by atoms with Crippen LogP contribution in [0.4, 0.5) is 0 Å². The van der Waals surface area contributed by atoms with Crippen LogP contribution in [0.15, 0.2) is 42.7 Å². The standard InChI is InChI=1S/C23H23N3O2S/c1-5-19-16(11-12-27-4)7-6-8-20(19)22-25-23(29-26-22)17-9-10-21(28-15(2)3)18(13-17)14-24/h6-13,15H,5H2,1-4H3. The molecule has 0 radical (unpaired) electrons. The van der Waals surface area contributed by atoms with Crippen molar-refractivity contribution in [2.45, 2.75) is 33.3 Å². The number of rotatable bonds is 7. The molecule has 0 aliphatic carbocycles. The molecule has 148 valence electrons. The number of hydrogen-bond acceptors (Lipinski definition) is 6. The highest BCUT2D eigenvalue weighted by Crippen LogP contribution is 2.32. The maximum Gasteiger partial charge on any atom is 0.173 e. The van der Waals surface area contributed by atoms with E-state index in [1.807, 2.05) is 44.2 Å². The zero-order valence-corrected chi connectivity index (χ0v) is 17.8. The highest BCUT2D eigenvalue weighted by molar-refractivity contribution is 7.09. The highest BCUT2D eigenvalue weighted by atomic mass is 32.1. The monoisotopic (exact) mass is 405 g/mol. The molecule has 0 saturated carbocycles. The van der Waals surface area contributed by atoms with Gasteiger partial charge in [0.25, 0.3) is 0 Å². The minimum Gasteiger partial charge on any atom is -0.504 e. The van der Waals surface area contributed by atoms with Crippen molar-refractivity contribution in [3.63, 3.8) is 0 Å². The van der Waals surface area contributed by atoms with Gasteiger partial charge in [-0.25, -0.2) is 4.98 Å². The summed E-state index contributed by atoms with van der Waals surface area (Å²) >= 11 is 1.33. The van der Waals surface area contributed by atoms with E-state index in [0.29, 0.717) is 17.1 Å². The quantitative estimate of drug-likeness (QED) is 0.471. The molecule has 6 heteroatoms. The second-order valence-electron chi connectivity index (χ2n) is 6.68. The Morgan fingerprint density at radius 1 is 1.24 bits per heavy atom. The van der Waals surface area contributed by atoms with E-state index in [-0.39, 0.29) is 6.10 Å². The van der Waals surface area contributed by atoms with Gasteiger partial charge in [0.2, 0.25) is 0 Å². The fraction of sp³-hybridized carbons (Fsp3) is 0.261. The van der Waals surface area contributed by atoms with Gasteiger partial charge in [-0.05, 0) is 67.2 Å². The first-order chi connectivity index (χ1) is 14.1. The second kappa shape index (κ2) is 9.35. The molecule has 3 aromatic rings.